The molecule has 0 unspecified atom stereocenters. The lowest BCUT2D eigenvalue weighted by Gasteiger charge is -2.33. The van der Waals surface area contributed by atoms with Gasteiger partial charge in [-0.05, 0) is 61.4 Å². The number of phenols is 2. The van der Waals surface area contributed by atoms with Gasteiger partial charge in [-0.25, -0.2) is 0 Å². The summed E-state index contributed by atoms with van der Waals surface area (Å²) in [6.07, 6.45) is 3.13. The van der Waals surface area contributed by atoms with E-state index in [1.165, 1.54) is 36.4 Å². The van der Waals surface area contributed by atoms with Crippen molar-refractivity contribution in [1.82, 2.24) is 0 Å². The Bertz CT molecular complexity index is 1390. The molecule has 4 aliphatic rings. The van der Waals surface area contributed by atoms with E-state index in [2.05, 4.69) is 0 Å². The Morgan fingerprint density at radius 3 is 1.18 bits per heavy atom. The molecule has 3 aromatic carbocycles. The van der Waals surface area contributed by atoms with E-state index in [0.29, 0.717) is 22.3 Å². The highest BCUT2D eigenvalue weighted by atomic mass is 16.9. The van der Waals surface area contributed by atoms with E-state index in [4.69, 9.17) is 28.4 Å². The van der Waals surface area contributed by atoms with Crippen molar-refractivity contribution in [1.29, 1.82) is 0 Å². The van der Waals surface area contributed by atoms with Crippen LogP contribution >= 0.6 is 0 Å². The normalized spacial score (nSPS) is 26.5. The van der Waals surface area contributed by atoms with Crippen LogP contribution in [0.2, 0.25) is 0 Å². The molecule has 10 heteroatoms. The second-order valence-electron chi connectivity index (χ2n) is 10.1. The molecule has 2 spiro atoms. The highest BCUT2D eigenvalue weighted by Gasteiger charge is 2.54. The van der Waals surface area contributed by atoms with Gasteiger partial charge in [0.15, 0.2) is 23.0 Å². The van der Waals surface area contributed by atoms with Gasteiger partial charge in [-0.2, -0.15) is 0 Å². The van der Waals surface area contributed by atoms with Crippen LogP contribution in [-0.4, -0.2) is 56.8 Å². The highest BCUT2D eigenvalue weighted by molar-refractivity contribution is 5.94. The van der Waals surface area contributed by atoms with E-state index >= 15 is 0 Å². The van der Waals surface area contributed by atoms with Crippen LogP contribution in [0.5, 0.6) is 34.5 Å². The highest BCUT2D eigenvalue weighted by Crippen LogP contribution is 2.64. The van der Waals surface area contributed by atoms with Crippen molar-refractivity contribution in [3.05, 3.63) is 72.8 Å². The number of hydrogen-bond donors (Lipinski definition) is 4. The average molecular weight is 547 g/mol. The third kappa shape index (κ3) is 3.80. The molecule has 0 amide bonds. The summed E-state index contributed by atoms with van der Waals surface area (Å²) in [7, 11) is 0. The summed E-state index contributed by atoms with van der Waals surface area (Å²) in [5, 5.41) is 40.4. The van der Waals surface area contributed by atoms with Gasteiger partial charge in [0.25, 0.3) is 0 Å². The third-order valence-electron chi connectivity index (χ3n) is 7.27. The van der Waals surface area contributed by atoms with Gasteiger partial charge in [0.2, 0.25) is 0 Å². The fourth-order valence-electron chi connectivity index (χ4n) is 5.16. The van der Waals surface area contributed by atoms with E-state index in [0.717, 1.165) is 0 Å². The molecule has 40 heavy (non-hydrogen) atoms. The number of ether oxygens (including phenoxy) is 6. The number of aromatic hydroxyl groups is 2. The van der Waals surface area contributed by atoms with Crippen LogP contribution in [0.25, 0.3) is 22.3 Å². The summed E-state index contributed by atoms with van der Waals surface area (Å²) in [6.45, 7) is 3.40. The molecule has 0 saturated heterocycles. The summed E-state index contributed by atoms with van der Waals surface area (Å²) in [5.74, 6) is -2.12. The maximum absolute atomic E-state index is 10.2. The first-order chi connectivity index (χ1) is 19.2. The van der Waals surface area contributed by atoms with Crippen molar-refractivity contribution in [3.63, 3.8) is 0 Å². The van der Waals surface area contributed by atoms with Gasteiger partial charge < -0.3 is 39.4 Å². The lowest BCUT2D eigenvalue weighted by molar-refractivity contribution is -0.284. The molecule has 0 saturated carbocycles. The number of aliphatic hydroxyl groups is 2. The Balaban J connectivity index is 1.49. The average Bonchev–Trinajstić information content (AvgIpc) is 3.47. The van der Waals surface area contributed by atoms with Crippen LogP contribution in [-0.2, 0) is 9.47 Å². The molecule has 4 aliphatic heterocycles. The van der Waals surface area contributed by atoms with E-state index in [1.54, 1.807) is 50.3 Å². The Morgan fingerprint density at radius 1 is 0.550 bits per heavy atom. The zero-order valence-corrected chi connectivity index (χ0v) is 21.5. The molecule has 0 aromatic heterocycles. The molecule has 4 N–H and O–H groups in total. The summed E-state index contributed by atoms with van der Waals surface area (Å²) >= 11 is 0. The van der Waals surface area contributed by atoms with E-state index in [9.17, 15) is 20.4 Å². The van der Waals surface area contributed by atoms with Gasteiger partial charge >= 0.3 is 11.9 Å². The quantitative estimate of drug-likeness (QED) is 0.350. The van der Waals surface area contributed by atoms with Crippen molar-refractivity contribution < 1.29 is 48.8 Å². The third-order valence-corrected chi connectivity index (χ3v) is 7.27. The standard InChI is InChI=1S/C30H26O10/c1-15-21(33)11-13-29(35-15)37-25-23(17-3-7-19(31)8-4-17)27-28(40-30(39-27)14-12-22(34)16(2)36-30)24(26(25)38-29)18-5-9-20(32)10-6-18/h3-16,21-22,31-34H,1-2H3/t15-,16-,21+,22+,29?,30?/m1/s1. The molecular formula is C30H26O10. The Kier molecular flexibility index (Phi) is 5.35. The van der Waals surface area contributed by atoms with Gasteiger partial charge in [0, 0.05) is 12.2 Å². The van der Waals surface area contributed by atoms with Crippen LogP contribution in [0.4, 0.5) is 0 Å². The van der Waals surface area contributed by atoms with Crippen molar-refractivity contribution in [2.75, 3.05) is 0 Å². The van der Waals surface area contributed by atoms with Gasteiger partial charge in [0.05, 0.1) is 35.5 Å². The molecule has 3 aromatic rings. The predicted molar refractivity (Wildman–Crippen MR) is 140 cm³/mol. The monoisotopic (exact) mass is 546 g/mol. The lowest BCUT2D eigenvalue weighted by Crippen LogP contribution is -2.48. The first-order valence-corrected chi connectivity index (χ1v) is 12.9. The minimum absolute atomic E-state index is 0.0720. The van der Waals surface area contributed by atoms with E-state index in [1.807, 2.05) is 0 Å². The Morgan fingerprint density at radius 2 is 0.875 bits per heavy atom. The number of aliphatic hydroxyl groups excluding tert-OH is 2. The van der Waals surface area contributed by atoms with Crippen molar-refractivity contribution >= 4 is 0 Å². The summed E-state index contributed by atoms with van der Waals surface area (Å²) in [6, 6.07) is 12.9. The fourth-order valence-corrected chi connectivity index (χ4v) is 5.16. The molecule has 4 heterocycles. The lowest BCUT2D eigenvalue weighted by atomic mass is 9.95. The second kappa shape index (κ2) is 8.64. The second-order valence-corrected chi connectivity index (χ2v) is 10.1. The van der Waals surface area contributed by atoms with Gasteiger partial charge in [-0.1, -0.05) is 24.3 Å². The SMILES string of the molecule is C[C@H]1OC2(C=C[C@@H]1O)Oc1c(c(-c3ccc(O)cc3)c3c(c1-c1ccc(O)cc1)OC1(C=C[C@H](O)[C@@H](C)O1)O3)O2. The number of benzene rings is 3. The molecule has 206 valence electrons. The van der Waals surface area contributed by atoms with Crippen molar-refractivity contribution in [3.8, 4) is 56.8 Å². The maximum Gasteiger partial charge on any atom is 0.394 e. The van der Waals surface area contributed by atoms with Gasteiger partial charge in [-0.15, -0.1) is 0 Å². The molecule has 0 bridgehead atoms. The van der Waals surface area contributed by atoms with Gasteiger partial charge in [0.1, 0.15) is 11.5 Å². The molecular weight excluding hydrogens is 520 g/mol. The van der Waals surface area contributed by atoms with Crippen LogP contribution in [0.15, 0.2) is 72.8 Å². The first kappa shape index (κ1) is 24.8. The molecule has 10 nitrogen and oxygen atoms in total. The van der Waals surface area contributed by atoms with E-state index in [-0.39, 0.29) is 34.5 Å². The van der Waals surface area contributed by atoms with Crippen LogP contribution < -0.4 is 18.9 Å². The fraction of sp³-hybridized carbons (Fsp3) is 0.267. The minimum Gasteiger partial charge on any atom is -0.508 e. The van der Waals surface area contributed by atoms with Crippen molar-refractivity contribution in [2.24, 2.45) is 0 Å². The zero-order valence-electron chi connectivity index (χ0n) is 21.5. The Hall–Kier alpha value is -4.22. The molecule has 0 radical (unpaired) electrons. The zero-order chi connectivity index (χ0) is 27.8. The summed E-state index contributed by atoms with van der Waals surface area (Å²) < 4.78 is 37.6. The van der Waals surface area contributed by atoms with E-state index < -0.39 is 36.4 Å². The largest absolute Gasteiger partial charge is 0.508 e. The minimum atomic E-state index is -1.68. The topological polar surface area (TPSA) is 136 Å². The molecule has 7 rings (SSSR count). The van der Waals surface area contributed by atoms with Crippen LogP contribution in [0.1, 0.15) is 13.8 Å². The van der Waals surface area contributed by atoms with Crippen LogP contribution in [0.3, 0.4) is 0 Å². The number of fused-ring (bicyclic) bond motifs is 2. The summed E-state index contributed by atoms with van der Waals surface area (Å²) in [4.78, 5) is 0. The predicted octanol–water partition coefficient (Wildman–Crippen LogP) is 3.95. The summed E-state index contributed by atoms with van der Waals surface area (Å²) in [5.41, 5.74) is 2.13. The molecule has 0 aliphatic carbocycles. The van der Waals surface area contributed by atoms with Crippen LogP contribution in [0, 0.1) is 0 Å². The number of hydrogen-bond acceptors (Lipinski definition) is 10. The molecule has 4 atom stereocenters. The maximum atomic E-state index is 10.2. The molecule has 0 fully saturated rings. The van der Waals surface area contributed by atoms with Crippen molar-refractivity contribution in [2.45, 2.75) is 50.2 Å². The number of rotatable bonds is 2. The van der Waals surface area contributed by atoms with Gasteiger partial charge in [-0.3, -0.25) is 9.47 Å². The number of phenolic OH excluding ortho intramolecular Hbond substituents is 2. The smallest absolute Gasteiger partial charge is 0.394 e. The first-order valence-electron chi connectivity index (χ1n) is 12.9. The Labute approximate surface area is 228 Å².